The van der Waals surface area contributed by atoms with Crippen molar-refractivity contribution in [3.05, 3.63) is 46.1 Å². The van der Waals surface area contributed by atoms with Gasteiger partial charge in [-0.2, -0.15) is 4.98 Å². The van der Waals surface area contributed by atoms with Crippen molar-refractivity contribution in [2.45, 2.75) is 25.4 Å². The van der Waals surface area contributed by atoms with Gasteiger partial charge in [0.1, 0.15) is 31.9 Å². The molecule has 40 heavy (non-hydrogen) atoms. The van der Waals surface area contributed by atoms with Gasteiger partial charge in [-0.1, -0.05) is 0 Å². The molecule has 1 atom stereocenters. The number of hydrogen-bond donors (Lipinski definition) is 2. The molecule has 4 heterocycles. The van der Waals surface area contributed by atoms with Gasteiger partial charge in [-0.3, -0.25) is 4.90 Å². The molecule has 3 aliphatic heterocycles. The lowest BCUT2D eigenvalue weighted by Crippen LogP contribution is -2.39. The highest BCUT2D eigenvalue weighted by Crippen LogP contribution is 2.47. The molecule has 3 aromatic rings. The molecule has 10 nitrogen and oxygen atoms in total. The van der Waals surface area contributed by atoms with Crippen molar-refractivity contribution in [1.29, 1.82) is 0 Å². The van der Waals surface area contributed by atoms with Gasteiger partial charge in [0.25, 0.3) is 0 Å². The molecule has 2 aromatic carbocycles. The molecule has 6 rings (SSSR count). The summed E-state index contributed by atoms with van der Waals surface area (Å²) < 4.78 is 37.0. The Morgan fingerprint density at radius 2 is 1.95 bits per heavy atom. The van der Waals surface area contributed by atoms with Crippen LogP contribution in [0.25, 0.3) is 0 Å². The molecule has 0 aliphatic carbocycles. The zero-order valence-corrected chi connectivity index (χ0v) is 25.3. The van der Waals surface area contributed by atoms with Crippen molar-refractivity contribution in [3.8, 4) is 17.2 Å². The summed E-state index contributed by atoms with van der Waals surface area (Å²) in [6, 6.07) is 8.40. The lowest BCUT2D eigenvalue weighted by molar-refractivity contribution is 0.135. The van der Waals surface area contributed by atoms with Gasteiger partial charge in [0.05, 0.1) is 34.9 Å². The van der Waals surface area contributed by atoms with Crippen LogP contribution >= 0.6 is 23.1 Å². The quantitative estimate of drug-likeness (QED) is 0.350. The van der Waals surface area contributed by atoms with Crippen molar-refractivity contribution >= 4 is 51.5 Å². The molecule has 1 saturated heterocycles. The number of anilines is 4. The average molecular weight is 630 g/mol. The first-order valence-corrected chi connectivity index (χ1v) is 16.8. The van der Waals surface area contributed by atoms with Crippen molar-refractivity contribution < 1.29 is 23.5 Å². The van der Waals surface area contributed by atoms with Crippen LogP contribution in [0.5, 0.6) is 17.2 Å². The Kier molecular flexibility index (Phi) is 7.65. The zero-order valence-electron chi connectivity index (χ0n) is 22.8. The van der Waals surface area contributed by atoms with E-state index in [2.05, 4.69) is 48.6 Å². The van der Waals surface area contributed by atoms with E-state index in [9.17, 15) is 4.57 Å². The molecule has 3 aliphatic rings. The normalized spacial score (nSPS) is 18.8. The minimum atomic E-state index is -2.74. The maximum atomic E-state index is 13.3. The number of halogens is 1. The number of methoxy groups -OCH3 is 1. The van der Waals surface area contributed by atoms with E-state index in [-0.39, 0.29) is 0 Å². The second kappa shape index (κ2) is 11.2. The number of ether oxygens (including phenoxy) is 4. The van der Waals surface area contributed by atoms with Crippen LogP contribution in [0.2, 0.25) is 0 Å². The van der Waals surface area contributed by atoms with Crippen molar-refractivity contribution in [3.63, 3.8) is 0 Å². The van der Waals surface area contributed by atoms with Gasteiger partial charge in [-0.15, -0.1) is 0 Å². The Balaban J connectivity index is 1.27. The molecule has 0 bridgehead atoms. The summed E-state index contributed by atoms with van der Waals surface area (Å²) in [7, 11) is -1.07. The van der Waals surface area contributed by atoms with E-state index >= 15 is 0 Å². The second-order valence-electron chi connectivity index (χ2n) is 10.5. The summed E-state index contributed by atoms with van der Waals surface area (Å²) in [5.74, 6) is 2.77. The minimum Gasteiger partial charge on any atom is -0.495 e. The van der Waals surface area contributed by atoms with Crippen molar-refractivity contribution in [2.24, 2.45) is 0 Å². The summed E-state index contributed by atoms with van der Waals surface area (Å²) >= 11 is 3.56. The van der Waals surface area contributed by atoms with E-state index in [4.69, 9.17) is 23.9 Å². The third kappa shape index (κ3) is 5.52. The van der Waals surface area contributed by atoms with Gasteiger partial charge in [0.15, 0.2) is 11.5 Å². The van der Waals surface area contributed by atoms with Crippen LogP contribution < -0.4 is 30.1 Å². The fraction of sp³-hybridized carbons (Fsp3) is 0.429. The molecule has 12 heteroatoms. The molecule has 1 unspecified atom stereocenters. The van der Waals surface area contributed by atoms with Crippen LogP contribution in [0.3, 0.4) is 0 Å². The van der Waals surface area contributed by atoms with Crippen molar-refractivity contribution in [2.75, 3.05) is 64.0 Å². The zero-order chi connectivity index (χ0) is 27.9. The van der Waals surface area contributed by atoms with Crippen LogP contribution in [0.1, 0.15) is 17.5 Å². The number of nitrogens with zero attached hydrogens (tertiary/aromatic N) is 3. The van der Waals surface area contributed by atoms with E-state index < -0.39 is 7.14 Å². The van der Waals surface area contributed by atoms with Crippen LogP contribution in [0.4, 0.5) is 23.1 Å². The Bertz CT molecular complexity index is 1480. The number of hydrogen-bond acceptors (Lipinski definition) is 10. The fourth-order valence-electron chi connectivity index (χ4n) is 5.50. The third-order valence-corrected chi connectivity index (χ3v) is 9.55. The minimum absolute atomic E-state index is 0.403. The first-order valence-electron chi connectivity index (χ1n) is 13.4. The van der Waals surface area contributed by atoms with Gasteiger partial charge in [-0.05, 0) is 77.5 Å². The Hall–Kier alpha value is -2.85. The molecular formula is C28H33BrN5O5P. The predicted octanol–water partition coefficient (Wildman–Crippen LogP) is 4.90. The highest BCUT2D eigenvalue weighted by Gasteiger charge is 2.29. The summed E-state index contributed by atoms with van der Waals surface area (Å²) in [4.78, 5) is 11.7. The number of benzene rings is 2. The average Bonchev–Trinajstić information content (AvgIpc) is 3.48. The first-order chi connectivity index (χ1) is 19.3. The standard InChI is InChI=1S/C28H33BrN5O5P/c1-36-24-13-18-15-34(19-7-9-37-16-19)8-6-17(18)12-22(24)32-28-30-14-20(29)27(33-28)31-21-4-5-23-25(39-11-10-38-23)26(21)40(2,3)35/h4-5,12-14,19H,6-11,15-16H2,1-3H3,(H2,30,31,32,33). The lowest BCUT2D eigenvalue weighted by atomic mass is 9.97. The Labute approximate surface area is 242 Å². The van der Waals surface area contributed by atoms with Gasteiger partial charge >= 0.3 is 0 Å². The smallest absolute Gasteiger partial charge is 0.229 e. The molecule has 2 N–H and O–H groups in total. The second-order valence-corrected chi connectivity index (χ2v) is 14.5. The largest absolute Gasteiger partial charge is 0.495 e. The Morgan fingerprint density at radius 3 is 2.73 bits per heavy atom. The topological polar surface area (TPSA) is 107 Å². The number of rotatable bonds is 7. The molecule has 0 saturated carbocycles. The summed E-state index contributed by atoms with van der Waals surface area (Å²) in [5, 5.41) is 7.28. The molecule has 0 amide bonds. The molecule has 1 aromatic heterocycles. The summed E-state index contributed by atoms with van der Waals surface area (Å²) in [6.45, 7) is 7.86. The number of fused-ring (bicyclic) bond motifs is 2. The predicted molar refractivity (Wildman–Crippen MR) is 159 cm³/mol. The monoisotopic (exact) mass is 629 g/mol. The maximum absolute atomic E-state index is 13.3. The summed E-state index contributed by atoms with van der Waals surface area (Å²) in [6.07, 6.45) is 3.73. The van der Waals surface area contributed by atoms with Gasteiger partial charge in [0.2, 0.25) is 5.95 Å². The van der Waals surface area contributed by atoms with E-state index in [1.54, 1.807) is 26.6 Å². The van der Waals surface area contributed by atoms with E-state index in [0.717, 1.165) is 50.6 Å². The molecular weight excluding hydrogens is 597 g/mol. The molecule has 1 fully saturated rings. The highest BCUT2D eigenvalue weighted by atomic mass is 79.9. The first kappa shape index (κ1) is 27.3. The molecule has 212 valence electrons. The van der Waals surface area contributed by atoms with E-state index in [0.29, 0.717) is 58.0 Å². The fourth-order valence-corrected chi connectivity index (χ4v) is 7.16. The molecule has 0 radical (unpaired) electrons. The van der Waals surface area contributed by atoms with Gasteiger partial charge < -0.3 is 34.1 Å². The van der Waals surface area contributed by atoms with Crippen LogP contribution in [0.15, 0.2) is 34.9 Å². The Morgan fingerprint density at radius 1 is 1.10 bits per heavy atom. The van der Waals surface area contributed by atoms with Crippen molar-refractivity contribution in [1.82, 2.24) is 14.9 Å². The number of aromatic nitrogens is 2. The number of nitrogens with one attached hydrogen (secondary N) is 2. The third-order valence-electron chi connectivity index (χ3n) is 7.45. The van der Waals surface area contributed by atoms with E-state index in [1.807, 2.05) is 12.1 Å². The van der Waals surface area contributed by atoms with Gasteiger partial charge in [-0.25, -0.2) is 4.98 Å². The maximum Gasteiger partial charge on any atom is 0.229 e. The van der Waals surface area contributed by atoms with Crippen LogP contribution in [-0.2, 0) is 22.3 Å². The van der Waals surface area contributed by atoms with Gasteiger partial charge in [0, 0.05) is 31.9 Å². The highest BCUT2D eigenvalue weighted by molar-refractivity contribution is 9.10. The van der Waals surface area contributed by atoms with Crippen LogP contribution in [0, 0.1) is 0 Å². The van der Waals surface area contributed by atoms with E-state index in [1.165, 1.54) is 11.1 Å². The van der Waals surface area contributed by atoms with Crippen LogP contribution in [-0.4, -0.2) is 74.3 Å². The lowest BCUT2D eigenvalue weighted by Gasteiger charge is -2.33. The molecule has 0 spiro atoms. The SMILES string of the molecule is COc1cc2c(cc1Nc1ncc(Br)c(Nc3ccc4c(c3P(C)(C)=O)OCCO4)n1)CCN(C1CCOC1)C2. The summed E-state index contributed by atoms with van der Waals surface area (Å²) in [5.41, 5.74) is 4.01.